The van der Waals surface area contributed by atoms with E-state index in [0.717, 1.165) is 29.9 Å². The van der Waals surface area contributed by atoms with E-state index in [-0.39, 0.29) is 17.4 Å². The summed E-state index contributed by atoms with van der Waals surface area (Å²) in [5.74, 6) is 1.35. The van der Waals surface area contributed by atoms with Crippen LogP contribution in [-0.2, 0) is 11.3 Å². The number of benzene rings is 3. The summed E-state index contributed by atoms with van der Waals surface area (Å²) in [5, 5.41) is 2.51. The maximum atomic E-state index is 12.8. The first-order chi connectivity index (χ1) is 14.4. The van der Waals surface area contributed by atoms with Gasteiger partial charge < -0.3 is 9.47 Å². The highest BCUT2D eigenvalue weighted by Gasteiger charge is 2.39. The van der Waals surface area contributed by atoms with Gasteiger partial charge in [-0.2, -0.15) is 0 Å². The van der Waals surface area contributed by atoms with E-state index in [1.807, 2.05) is 11.0 Å². The van der Waals surface area contributed by atoms with Gasteiger partial charge in [-0.1, -0.05) is 54.6 Å². The molecule has 0 aliphatic carbocycles. The molecule has 1 aliphatic rings. The second-order valence-electron chi connectivity index (χ2n) is 9.26. The van der Waals surface area contributed by atoms with Crippen molar-refractivity contribution >= 4 is 27.7 Å². The summed E-state index contributed by atoms with van der Waals surface area (Å²) in [6, 6.07) is 23.3. The summed E-state index contributed by atoms with van der Waals surface area (Å²) in [7, 11) is 0. The van der Waals surface area contributed by atoms with Crippen molar-refractivity contribution in [3.8, 4) is 0 Å². The predicted molar refractivity (Wildman–Crippen MR) is 122 cm³/mol. The van der Waals surface area contributed by atoms with Crippen LogP contribution in [0.4, 0.5) is 0 Å². The van der Waals surface area contributed by atoms with Crippen LogP contribution in [0, 0.1) is 0 Å². The monoisotopic (exact) mass is 397 g/mol. The van der Waals surface area contributed by atoms with E-state index in [0.29, 0.717) is 6.42 Å². The summed E-state index contributed by atoms with van der Waals surface area (Å²) < 4.78 is 2.32. The smallest absolute Gasteiger partial charge is 0.223 e. The highest BCUT2D eigenvalue weighted by molar-refractivity contribution is 5.86. The number of likely N-dealkylation sites (tertiary alicyclic amines) is 1. The van der Waals surface area contributed by atoms with E-state index in [2.05, 4.69) is 86.0 Å². The van der Waals surface area contributed by atoms with Crippen LogP contribution in [0.15, 0.2) is 66.7 Å². The van der Waals surface area contributed by atoms with Crippen molar-refractivity contribution in [2.45, 2.75) is 45.2 Å². The topological polar surface area (TPSA) is 38.1 Å². The van der Waals surface area contributed by atoms with E-state index in [9.17, 15) is 4.79 Å². The fraction of sp³-hybridized carbons (Fsp3) is 0.308. The molecule has 4 nitrogen and oxygen atoms in total. The Morgan fingerprint density at radius 3 is 2.50 bits per heavy atom. The number of hydrogen-bond donors (Lipinski definition) is 0. The second kappa shape index (κ2) is 6.98. The van der Waals surface area contributed by atoms with Crippen molar-refractivity contribution in [2.24, 2.45) is 0 Å². The number of fused-ring (bicyclic) bond motifs is 2. The lowest BCUT2D eigenvalue weighted by Crippen LogP contribution is -2.42. The second-order valence-corrected chi connectivity index (χ2v) is 9.26. The van der Waals surface area contributed by atoms with Gasteiger partial charge in [0.1, 0.15) is 5.82 Å². The minimum atomic E-state index is -0.168. The summed E-state index contributed by atoms with van der Waals surface area (Å²) in [4.78, 5) is 19.8. The van der Waals surface area contributed by atoms with E-state index < -0.39 is 0 Å². The molecule has 0 N–H and O–H groups in total. The van der Waals surface area contributed by atoms with Crippen LogP contribution in [0.2, 0.25) is 0 Å². The number of carbonyl (C=O) groups is 1. The third-order valence-corrected chi connectivity index (χ3v) is 6.19. The lowest BCUT2D eigenvalue weighted by atomic mass is 10.0. The average Bonchev–Trinajstić information content (AvgIpc) is 3.29. The Labute approximate surface area is 177 Å². The minimum absolute atomic E-state index is 0.110. The molecule has 1 atom stereocenters. The lowest BCUT2D eigenvalue weighted by Gasteiger charge is -2.32. The van der Waals surface area contributed by atoms with Crippen LogP contribution in [-0.4, -0.2) is 32.4 Å². The van der Waals surface area contributed by atoms with Crippen molar-refractivity contribution in [1.82, 2.24) is 14.5 Å². The van der Waals surface area contributed by atoms with Gasteiger partial charge in [-0.05, 0) is 49.2 Å². The number of imidazole rings is 1. The van der Waals surface area contributed by atoms with Gasteiger partial charge in [0.2, 0.25) is 5.91 Å². The van der Waals surface area contributed by atoms with Crippen molar-refractivity contribution in [3.05, 3.63) is 78.1 Å². The number of carbonyl (C=O) groups excluding carboxylic acids is 1. The molecule has 5 rings (SSSR count). The zero-order chi connectivity index (χ0) is 20.9. The molecule has 0 radical (unpaired) electrons. The first-order valence-corrected chi connectivity index (χ1v) is 10.6. The van der Waals surface area contributed by atoms with Crippen molar-refractivity contribution in [2.75, 3.05) is 6.54 Å². The minimum Gasteiger partial charge on any atom is -0.337 e. The molecule has 4 heteroatoms. The van der Waals surface area contributed by atoms with Gasteiger partial charge in [-0.25, -0.2) is 4.98 Å². The Hall–Kier alpha value is -3.14. The standard InChI is InChI=1S/C26H27N3O/c1-26(2,3)29-17-20(15-24(29)30)25-27-22-13-6-7-14-23(22)28(25)16-19-11-8-10-18-9-4-5-12-21(18)19/h4-14,20H,15-17H2,1-3H3. The average molecular weight is 398 g/mol. The van der Waals surface area contributed by atoms with Crippen LogP contribution in [0.1, 0.15) is 44.5 Å². The van der Waals surface area contributed by atoms with Gasteiger partial charge in [-0.3, -0.25) is 4.79 Å². The quantitative estimate of drug-likeness (QED) is 0.467. The molecule has 0 bridgehead atoms. The Kier molecular flexibility index (Phi) is 4.39. The highest BCUT2D eigenvalue weighted by Crippen LogP contribution is 2.34. The van der Waals surface area contributed by atoms with Crippen LogP contribution in [0.3, 0.4) is 0 Å². The first-order valence-electron chi connectivity index (χ1n) is 10.6. The molecule has 4 aromatic rings. The number of nitrogens with zero attached hydrogens (tertiary/aromatic N) is 3. The van der Waals surface area contributed by atoms with Crippen LogP contribution < -0.4 is 0 Å². The molecule has 2 heterocycles. The molecule has 1 aromatic heterocycles. The Balaban J connectivity index is 1.61. The third-order valence-electron chi connectivity index (χ3n) is 6.19. The van der Waals surface area contributed by atoms with Crippen LogP contribution >= 0.6 is 0 Å². The molecule has 1 aliphatic heterocycles. The molecule has 152 valence electrons. The normalized spacial score (nSPS) is 17.4. The Bertz CT molecular complexity index is 1240. The van der Waals surface area contributed by atoms with Gasteiger partial charge in [0.15, 0.2) is 0 Å². The molecule has 1 amide bonds. The highest BCUT2D eigenvalue weighted by atomic mass is 16.2. The largest absolute Gasteiger partial charge is 0.337 e. The Morgan fingerprint density at radius 1 is 0.967 bits per heavy atom. The summed E-state index contributed by atoms with van der Waals surface area (Å²) in [5.41, 5.74) is 3.23. The summed E-state index contributed by atoms with van der Waals surface area (Å²) in [6.07, 6.45) is 0.524. The zero-order valence-corrected chi connectivity index (χ0v) is 17.8. The summed E-state index contributed by atoms with van der Waals surface area (Å²) >= 11 is 0. The predicted octanol–water partition coefficient (Wildman–Crippen LogP) is 5.35. The van der Waals surface area contributed by atoms with Crippen LogP contribution in [0.5, 0.6) is 0 Å². The Morgan fingerprint density at radius 2 is 1.70 bits per heavy atom. The molecule has 3 aromatic carbocycles. The van der Waals surface area contributed by atoms with Gasteiger partial charge in [0, 0.05) is 31.0 Å². The molecular formula is C26H27N3O. The molecule has 0 spiro atoms. The number of amides is 1. The van der Waals surface area contributed by atoms with Crippen molar-refractivity contribution < 1.29 is 4.79 Å². The van der Waals surface area contributed by atoms with Gasteiger partial charge in [0.25, 0.3) is 0 Å². The number of hydrogen-bond acceptors (Lipinski definition) is 2. The maximum Gasteiger partial charge on any atom is 0.223 e. The van der Waals surface area contributed by atoms with Crippen molar-refractivity contribution in [1.29, 1.82) is 0 Å². The number of rotatable bonds is 3. The third kappa shape index (κ3) is 3.17. The summed E-state index contributed by atoms with van der Waals surface area (Å²) in [6.45, 7) is 7.78. The van der Waals surface area contributed by atoms with Gasteiger partial charge in [-0.15, -0.1) is 0 Å². The fourth-order valence-corrected chi connectivity index (χ4v) is 4.70. The maximum absolute atomic E-state index is 12.8. The van der Waals surface area contributed by atoms with E-state index in [1.165, 1.54) is 16.3 Å². The molecular weight excluding hydrogens is 370 g/mol. The molecule has 1 fully saturated rings. The van der Waals surface area contributed by atoms with Crippen LogP contribution in [0.25, 0.3) is 21.8 Å². The van der Waals surface area contributed by atoms with E-state index in [1.54, 1.807) is 0 Å². The van der Waals surface area contributed by atoms with Gasteiger partial charge >= 0.3 is 0 Å². The van der Waals surface area contributed by atoms with E-state index in [4.69, 9.17) is 4.98 Å². The number of aromatic nitrogens is 2. The molecule has 1 saturated heterocycles. The van der Waals surface area contributed by atoms with E-state index >= 15 is 0 Å². The fourth-order valence-electron chi connectivity index (χ4n) is 4.70. The van der Waals surface area contributed by atoms with Crippen molar-refractivity contribution in [3.63, 3.8) is 0 Å². The molecule has 1 unspecified atom stereocenters. The lowest BCUT2D eigenvalue weighted by molar-refractivity contribution is -0.131. The first kappa shape index (κ1) is 18.9. The zero-order valence-electron chi connectivity index (χ0n) is 17.8. The van der Waals surface area contributed by atoms with Gasteiger partial charge in [0.05, 0.1) is 11.0 Å². The number of para-hydroxylation sites is 2. The SMILES string of the molecule is CC(C)(C)N1CC(c2nc3ccccc3n2Cc2cccc3ccccc23)CC1=O. The molecule has 0 saturated carbocycles. The molecule has 30 heavy (non-hydrogen) atoms.